The minimum atomic E-state index is -0.247. The summed E-state index contributed by atoms with van der Waals surface area (Å²) < 4.78 is 3.24. The second-order valence-corrected chi connectivity index (χ2v) is 7.82. The molecule has 0 unspecified atom stereocenters. The summed E-state index contributed by atoms with van der Waals surface area (Å²) in [4.78, 5) is 13.0. The summed E-state index contributed by atoms with van der Waals surface area (Å²) in [6.07, 6.45) is 1.73. The highest BCUT2D eigenvalue weighted by molar-refractivity contribution is 6.31. The van der Waals surface area contributed by atoms with Crippen LogP contribution in [0.3, 0.4) is 0 Å². The van der Waals surface area contributed by atoms with Crippen molar-refractivity contribution >= 4 is 39.9 Å². The summed E-state index contributed by atoms with van der Waals surface area (Å²) in [7, 11) is 0. The van der Waals surface area contributed by atoms with E-state index in [1.54, 1.807) is 21.3 Å². The summed E-state index contributed by atoms with van der Waals surface area (Å²) in [6.45, 7) is 2.26. The number of halogens is 2. The Bertz CT molecular complexity index is 1470. The SMILES string of the molecule is Cc1nn2c(nnc3c(=O)n(Cc4ccccc4Cl)ccc32)c1-c1ccc(Cl)cc1. The number of rotatable bonds is 3. The molecule has 0 aliphatic rings. The number of nitrogens with zero attached hydrogens (tertiary/aromatic N) is 5. The lowest BCUT2D eigenvalue weighted by Gasteiger charge is -2.09. The topological polar surface area (TPSA) is 65.1 Å². The smallest absolute Gasteiger partial charge is 0.280 e. The Morgan fingerprint density at radius 3 is 2.50 bits per heavy atom. The van der Waals surface area contributed by atoms with E-state index in [9.17, 15) is 4.79 Å². The number of pyridine rings is 1. The molecule has 0 saturated carbocycles. The zero-order valence-electron chi connectivity index (χ0n) is 15.9. The lowest BCUT2D eigenvalue weighted by atomic mass is 10.1. The van der Waals surface area contributed by atoms with Gasteiger partial charge in [0.2, 0.25) is 0 Å². The Morgan fingerprint density at radius 2 is 1.73 bits per heavy atom. The van der Waals surface area contributed by atoms with E-state index in [-0.39, 0.29) is 11.1 Å². The zero-order chi connectivity index (χ0) is 20.8. The lowest BCUT2D eigenvalue weighted by molar-refractivity contribution is 0.760. The number of benzene rings is 2. The molecular weight excluding hydrogens is 421 g/mol. The van der Waals surface area contributed by atoms with E-state index in [2.05, 4.69) is 15.3 Å². The van der Waals surface area contributed by atoms with Crippen LogP contribution in [0.4, 0.5) is 0 Å². The normalized spacial score (nSPS) is 11.4. The highest BCUT2D eigenvalue weighted by Crippen LogP contribution is 2.29. The molecule has 0 aliphatic heterocycles. The quantitative estimate of drug-likeness (QED) is 0.409. The first-order chi connectivity index (χ1) is 14.5. The number of fused-ring (bicyclic) bond motifs is 3. The minimum absolute atomic E-state index is 0.247. The third-order valence-corrected chi connectivity index (χ3v) is 5.68. The number of aryl methyl sites for hydroxylation is 1. The predicted molar refractivity (Wildman–Crippen MR) is 118 cm³/mol. The van der Waals surface area contributed by atoms with Gasteiger partial charge >= 0.3 is 0 Å². The maximum Gasteiger partial charge on any atom is 0.280 e. The summed E-state index contributed by atoms with van der Waals surface area (Å²) in [5.41, 5.74) is 4.64. The van der Waals surface area contributed by atoms with Gasteiger partial charge < -0.3 is 4.57 Å². The molecule has 0 atom stereocenters. The van der Waals surface area contributed by atoms with Gasteiger partial charge in [0.05, 0.1) is 17.8 Å². The largest absolute Gasteiger partial charge is 0.309 e. The van der Waals surface area contributed by atoms with Crippen molar-refractivity contribution in [3.63, 3.8) is 0 Å². The summed E-state index contributed by atoms with van der Waals surface area (Å²) in [5.74, 6) is 0. The maximum atomic E-state index is 13.0. The average molecular weight is 436 g/mol. The van der Waals surface area contributed by atoms with Crippen LogP contribution < -0.4 is 5.56 Å². The van der Waals surface area contributed by atoms with Crippen molar-refractivity contribution in [1.82, 2.24) is 24.4 Å². The number of aromatic nitrogens is 5. The Kier molecular flexibility index (Phi) is 4.53. The first-order valence-corrected chi connectivity index (χ1v) is 10.0. The fourth-order valence-corrected chi connectivity index (χ4v) is 3.90. The molecule has 8 heteroatoms. The maximum absolute atomic E-state index is 13.0. The van der Waals surface area contributed by atoms with Crippen molar-refractivity contribution < 1.29 is 0 Å². The fraction of sp³-hybridized carbons (Fsp3) is 0.0909. The van der Waals surface area contributed by atoms with Gasteiger partial charge in [0, 0.05) is 16.2 Å². The van der Waals surface area contributed by atoms with Gasteiger partial charge in [-0.2, -0.15) is 5.10 Å². The van der Waals surface area contributed by atoms with Crippen LogP contribution in [0.15, 0.2) is 65.6 Å². The molecule has 6 nitrogen and oxygen atoms in total. The van der Waals surface area contributed by atoms with E-state index in [0.717, 1.165) is 22.4 Å². The van der Waals surface area contributed by atoms with E-state index in [4.69, 9.17) is 23.2 Å². The Balaban J connectivity index is 1.67. The van der Waals surface area contributed by atoms with Crippen molar-refractivity contribution in [3.8, 4) is 11.1 Å². The van der Waals surface area contributed by atoms with E-state index in [1.807, 2.05) is 55.5 Å². The first kappa shape index (κ1) is 18.8. The number of hydrogen-bond donors (Lipinski definition) is 0. The molecule has 3 aromatic heterocycles. The zero-order valence-corrected chi connectivity index (χ0v) is 17.4. The molecule has 0 aliphatic carbocycles. The third kappa shape index (κ3) is 3.05. The molecule has 0 radical (unpaired) electrons. The van der Waals surface area contributed by atoms with Gasteiger partial charge in [0.15, 0.2) is 11.2 Å². The standard InChI is InChI=1S/C22H15Cl2N5O/c1-13-19(14-6-8-16(23)9-7-14)21-26-25-20-18(29(21)27-13)10-11-28(22(20)30)12-15-4-2-3-5-17(15)24/h2-11H,12H2,1H3. The van der Waals surface area contributed by atoms with Gasteiger partial charge in [0.25, 0.3) is 5.56 Å². The van der Waals surface area contributed by atoms with Gasteiger partial charge in [-0.25, -0.2) is 4.52 Å². The van der Waals surface area contributed by atoms with Crippen LogP contribution in [0.25, 0.3) is 27.8 Å². The first-order valence-electron chi connectivity index (χ1n) is 9.27. The van der Waals surface area contributed by atoms with Crippen LogP contribution in [-0.4, -0.2) is 24.4 Å². The Morgan fingerprint density at radius 1 is 0.967 bits per heavy atom. The van der Waals surface area contributed by atoms with Crippen LogP contribution in [0, 0.1) is 6.92 Å². The molecule has 0 fully saturated rings. The molecule has 0 bridgehead atoms. The monoisotopic (exact) mass is 435 g/mol. The van der Waals surface area contributed by atoms with Crippen LogP contribution >= 0.6 is 23.2 Å². The van der Waals surface area contributed by atoms with Crippen LogP contribution in [-0.2, 0) is 6.54 Å². The molecule has 5 rings (SSSR count). The van der Waals surface area contributed by atoms with E-state index < -0.39 is 0 Å². The fourth-order valence-electron chi connectivity index (χ4n) is 3.58. The van der Waals surface area contributed by atoms with Crippen molar-refractivity contribution in [1.29, 1.82) is 0 Å². The molecule has 0 spiro atoms. The van der Waals surface area contributed by atoms with Crippen molar-refractivity contribution in [2.24, 2.45) is 0 Å². The molecule has 0 N–H and O–H groups in total. The van der Waals surface area contributed by atoms with E-state index in [1.165, 1.54) is 0 Å². The molecular formula is C22H15Cl2N5O. The van der Waals surface area contributed by atoms with Gasteiger partial charge in [-0.15, -0.1) is 10.2 Å². The molecule has 5 aromatic rings. The molecule has 0 saturated heterocycles. The lowest BCUT2D eigenvalue weighted by Crippen LogP contribution is -2.22. The summed E-state index contributed by atoms with van der Waals surface area (Å²) >= 11 is 12.3. The van der Waals surface area contributed by atoms with Gasteiger partial charge in [-0.1, -0.05) is 53.5 Å². The number of hydrogen-bond acceptors (Lipinski definition) is 4. The van der Waals surface area contributed by atoms with Crippen molar-refractivity contribution in [2.45, 2.75) is 13.5 Å². The Hall–Kier alpha value is -3.22. The second kappa shape index (κ2) is 7.23. The van der Waals surface area contributed by atoms with Crippen LogP contribution in [0.5, 0.6) is 0 Å². The van der Waals surface area contributed by atoms with Gasteiger partial charge in [-0.3, -0.25) is 4.79 Å². The highest BCUT2D eigenvalue weighted by Gasteiger charge is 2.17. The Labute approximate surface area is 181 Å². The van der Waals surface area contributed by atoms with E-state index >= 15 is 0 Å². The molecule has 30 heavy (non-hydrogen) atoms. The third-order valence-electron chi connectivity index (χ3n) is 5.06. The minimum Gasteiger partial charge on any atom is -0.309 e. The van der Waals surface area contributed by atoms with E-state index in [0.29, 0.717) is 27.8 Å². The average Bonchev–Trinajstić information content (AvgIpc) is 3.08. The van der Waals surface area contributed by atoms with Crippen molar-refractivity contribution in [2.75, 3.05) is 0 Å². The van der Waals surface area contributed by atoms with Crippen LogP contribution in [0.1, 0.15) is 11.3 Å². The summed E-state index contributed by atoms with van der Waals surface area (Å²) in [6, 6.07) is 16.7. The predicted octanol–water partition coefficient (Wildman–Crippen LogP) is 4.77. The second-order valence-electron chi connectivity index (χ2n) is 6.98. The molecule has 2 aromatic carbocycles. The van der Waals surface area contributed by atoms with Crippen LogP contribution in [0.2, 0.25) is 10.0 Å². The molecule has 148 valence electrons. The van der Waals surface area contributed by atoms with Gasteiger partial charge in [0.1, 0.15) is 5.52 Å². The van der Waals surface area contributed by atoms with Crippen molar-refractivity contribution in [3.05, 3.63) is 92.5 Å². The van der Waals surface area contributed by atoms with Gasteiger partial charge in [-0.05, 0) is 42.3 Å². The molecule has 3 heterocycles. The summed E-state index contributed by atoms with van der Waals surface area (Å²) in [5, 5.41) is 14.5. The molecule has 0 amide bonds. The highest BCUT2D eigenvalue weighted by atomic mass is 35.5.